The van der Waals surface area contributed by atoms with Crippen LogP contribution in [-0.2, 0) is 6.42 Å². The molecule has 0 spiro atoms. The van der Waals surface area contributed by atoms with Gasteiger partial charge in [0.05, 0.1) is 5.52 Å². The monoisotopic (exact) mass is 479 g/mol. The van der Waals surface area contributed by atoms with Crippen LogP contribution in [-0.4, -0.2) is 34.7 Å². The Kier molecular flexibility index (Phi) is 5.60. The number of anilines is 1. The summed E-state index contributed by atoms with van der Waals surface area (Å²) in [5, 5.41) is 1.39. The zero-order valence-corrected chi connectivity index (χ0v) is 22.0. The normalized spacial score (nSPS) is 20.6. The molecule has 36 heavy (non-hydrogen) atoms. The highest BCUT2D eigenvalue weighted by molar-refractivity contribution is 5.86. The van der Waals surface area contributed by atoms with Crippen LogP contribution in [0.1, 0.15) is 53.5 Å². The van der Waals surface area contributed by atoms with Gasteiger partial charge in [0.15, 0.2) is 0 Å². The Morgan fingerprint density at radius 2 is 1.61 bits per heavy atom. The number of piperidine rings is 1. The van der Waals surface area contributed by atoms with Gasteiger partial charge in [0, 0.05) is 41.5 Å². The average Bonchev–Trinajstić information content (AvgIpc) is 3.46. The van der Waals surface area contributed by atoms with Crippen molar-refractivity contribution < 1.29 is 4.74 Å². The van der Waals surface area contributed by atoms with Crippen LogP contribution in [0.15, 0.2) is 60.8 Å². The Balaban J connectivity index is 1.19. The van der Waals surface area contributed by atoms with E-state index in [-0.39, 0.29) is 5.60 Å². The summed E-state index contributed by atoms with van der Waals surface area (Å²) in [6.07, 6.45) is 5.67. The number of hydrogen-bond donors (Lipinski definition) is 1. The molecule has 2 aliphatic rings. The first-order chi connectivity index (χ1) is 17.3. The molecule has 0 radical (unpaired) electrons. The van der Waals surface area contributed by atoms with E-state index in [9.17, 15) is 0 Å². The van der Waals surface area contributed by atoms with Crippen LogP contribution in [0.5, 0.6) is 5.75 Å². The quantitative estimate of drug-likeness (QED) is 0.331. The topological polar surface area (TPSA) is 43.4 Å². The third-order valence-corrected chi connectivity index (χ3v) is 8.70. The molecule has 0 saturated carbocycles. The average molecular weight is 480 g/mol. The van der Waals surface area contributed by atoms with Crippen molar-refractivity contribution in [1.82, 2.24) is 9.47 Å². The van der Waals surface area contributed by atoms with Gasteiger partial charge in [-0.05, 0) is 100.0 Å². The number of nitrogens with zero attached hydrogens (tertiary/aromatic N) is 2. The summed E-state index contributed by atoms with van der Waals surface area (Å²) in [7, 11) is 0. The Hall–Kier alpha value is -3.24. The van der Waals surface area contributed by atoms with E-state index in [1.807, 2.05) is 0 Å². The zero-order chi connectivity index (χ0) is 25.0. The number of fused-ring (bicyclic) bond motifs is 2. The number of hydrogen-bond acceptors (Lipinski definition) is 3. The van der Waals surface area contributed by atoms with Crippen LogP contribution in [0.25, 0.3) is 16.6 Å². The molecule has 4 nitrogen and oxygen atoms in total. The smallest absolute Gasteiger partial charge is 0.127 e. The maximum absolute atomic E-state index is 6.67. The number of likely N-dealkylation sites (tertiary alicyclic amines) is 1. The maximum atomic E-state index is 6.67. The molecule has 2 aliphatic heterocycles. The molecule has 2 N–H and O–H groups in total. The fraction of sp³-hybridized carbons (Fsp3) is 0.375. The van der Waals surface area contributed by atoms with E-state index in [0.29, 0.717) is 5.92 Å². The Bertz CT molecular complexity index is 1390. The molecule has 0 aliphatic carbocycles. The Labute approximate surface area is 214 Å². The second-order valence-electron chi connectivity index (χ2n) is 11.2. The Morgan fingerprint density at radius 1 is 0.917 bits per heavy atom. The summed E-state index contributed by atoms with van der Waals surface area (Å²) in [5.41, 5.74) is 16.0. The lowest BCUT2D eigenvalue weighted by Gasteiger charge is -2.37. The molecular formula is C32H37N3O. The van der Waals surface area contributed by atoms with Crippen molar-refractivity contribution in [2.24, 2.45) is 0 Å². The largest absolute Gasteiger partial charge is 0.485 e. The molecule has 186 valence electrons. The lowest BCUT2D eigenvalue weighted by molar-refractivity contribution is 0.0523. The standard InChI is InChI=1S/C32H37N3O/c1-21-22(2)31-27(23(3)30(21)33)18-32(4,36-31)20-34-16-14-24(15-17-34)28-19-35(25-10-6-5-7-11-25)29-13-9-8-12-26(28)29/h5-13,19,24H,14-18,20,33H2,1-4H3. The highest BCUT2D eigenvalue weighted by Crippen LogP contribution is 2.44. The molecule has 0 amide bonds. The summed E-state index contributed by atoms with van der Waals surface area (Å²) in [6.45, 7) is 11.8. The summed E-state index contributed by atoms with van der Waals surface area (Å²) in [5.74, 6) is 1.66. The molecule has 1 unspecified atom stereocenters. The van der Waals surface area contributed by atoms with E-state index in [2.05, 4.69) is 98.0 Å². The number of aromatic nitrogens is 1. The van der Waals surface area contributed by atoms with Gasteiger partial charge in [-0.1, -0.05) is 36.4 Å². The first-order valence-electron chi connectivity index (χ1n) is 13.3. The predicted molar refractivity (Wildman–Crippen MR) is 149 cm³/mol. The second-order valence-corrected chi connectivity index (χ2v) is 11.2. The van der Waals surface area contributed by atoms with Crippen molar-refractivity contribution in [3.63, 3.8) is 0 Å². The van der Waals surface area contributed by atoms with Crippen molar-refractivity contribution in [2.75, 3.05) is 25.4 Å². The van der Waals surface area contributed by atoms with Crippen molar-refractivity contribution in [1.29, 1.82) is 0 Å². The number of rotatable bonds is 4. The summed E-state index contributed by atoms with van der Waals surface area (Å²) in [6, 6.07) is 19.6. The van der Waals surface area contributed by atoms with E-state index < -0.39 is 0 Å². The van der Waals surface area contributed by atoms with Crippen LogP contribution in [0.2, 0.25) is 0 Å². The van der Waals surface area contributed by atoms with Gasteiger partial charge in [0.25, 0.3) is 0 Å². The van der Waals surface area contributed by atoms with E-state index >= 15 is 0 Å². The third kappa shape index (κ3) is 3.79. The minimum Gasteiger partial charge on any atom is -0.485 e. The van der Waals surface area contributed by atoms with Gasteiger partial charge >= 0.3 is 0 Å². The van der Waals surface area contributed by atoms with Gasteiger partial charge in [0.1, 0.15) is 11.4 Å². The van der Waals surface area contributed by atoms with Gasteiger partial charge in [-0.25, -0.2) is 0 Å². The molecule has 1 fully saturated rings. The van der Waals surface area contributed by atoms with E-state index in [1.165, 1.54) is 51.7 Å². The van der Waals surface area contributed by atoms with Crippen molar-refractivity contribution in [3.8, 4) is 11.4 Å². The lowest BCUT2D eigenvalue weighted by atomic mass is 9.88. The van der Waals surface area contributed by atoms with Crippen LogP contribution in [0.4, 0.5) is 5.69 Å². The number of nitrogens with two attached hydrogens (primary N) is 1. The maximum Gasteiger partial charge on any atom is 0.127 e. The molecule has 4 heteroatoms. The summed E-state index contributed by atoms with van der Waals surface area (Å²) in [4.78, 5) is 2.61. The van der Waals surface area contributed by atoms with Crippen molar-refractivity contribution in [3.05, 3.63) is 88.6 Å². The summed E-state index contributed by atoms with van der Waals surface area (Å²) >= 11 is 0. The van der Waals surface area contributed by atoms with Crippen molar-refractivity contribution in [2.45, 2.75) is 58.5 Å². The minimum absolute atomic E-state index is 0.200. The van der Waals surface area contributed by atoms with Gasteiger partial charge in [-0.15, -0.1) is 0 Å². The molecule has 1 aromatic heterocycles. The highest BCUT2D eigenvalue weighted by atomic mass is 16.5. The molecule has 1 atom stereocenters. The second kappa shape index (κ2) is 8.70. The SMILES string of the molecule is Cc1c(C)c2c(c(C)c1N)CC(C)(CN1CCC(c3cn(-c4ccccc4)c4ccccc34)CC1)O2. The Morgan fingerprint density at radius 3 is 2.36 bits per heavy atom. The van der Waals surface area contributed by atoms with E-state index in [1.54, 1.807) is 0 Å². The third-order valence-electron chi connectivity index (χ3n) is 8.70. The molecule has 4 aromatic rings. The molecule has 0 bridgehead atoms. The molecule has 1 saturated heterocycles. The van der Waals surface area contributed by atoms with Crippen LogP contribution >= 0.6 is 0 Å². The van der Waals surface area contributed by atoms with Crippen LogP contribution < -0.4 is 10.5 Å². The first-order valence-corrected chi connectivity index (χ1v) is 13.3. The number of ether oxygens (including phenoxy) is 1. The number of para-hydroxylation sites is 2. The van der Waals surface area contributed by atoms with E-state index in [4.69, 9.17) is 10.5 Å². The highest BCUT2D eigenvalue weighted by Gasteiger charge is 2.40. The number of benzene rings is 3. The lowest BCUT2D eigenvalue weighted by Crippen LogP contribution is -2.47. The molecule has 6 rings (SSSR count). The molecule has 3 heterocycles. The van der Waals surface area contributed by atoms with Gasteiger partial charge in [0.2, 0.25) is 0 Å². The molecule has 3 aromatic carbocycles. The molecular weight excluding hydrogens is 442 g/mol. The van der Waals surface area contributed by atoms with E-state index in [0.717, 1.165) is 43.1 Å². The number of nitrogen functional groups attached to an aromatic ring is 1. The predicted octanol–water partition coefficient (Wildman–Crippen LogP) is 6.71. The van der Waals surface area contributed by atoms with Gasteiger partial charge in [-0.3, -0.25) is 4.90 Å². The fourth-order valence-corrected chi connectivity index (χ4v) is 6.52. The summed E-state index contributed by atoms with van der Waals surface area (Å²) < 4.78 is 9.03. The zero-order valence-electron chi connectivity index (χ0n) is 22.0. The van der Waals surface area contributed by atoms with Gasteiger partial charge < -0.3 is 15.0 Å². The van der Waals surface area contributed by atoms with Crippen molar-refractivity contribution >= 4 is 16.6 Å². The van der Waals surface area contributed by atoms with Gasteiger partial charge in [-0.2, -0.15) is 0 Å². The first kappa shape index (κ1) is 23.2. The fourth-order valence-electron chi connectivity index (χ4n) is 6.52. The van der Waals surface area contributed by atoms with Crippen LogP contribution in [0, 0.1) is 20.8 Å². The minimum atomic E-state index is -0.200. The van der Waals surface area contributed by atoms with Crippen LogP contribution in [0.3, 0.4) is 0 Å².